The van der Waals surface area contributed by atoms with E-state index in [2.05, 4.69) is 17.0 Å². The number of amides is 1. The molecule has 1 amide bonds. The standard InChI is InChI=1S/C19H24N2O4S/c1-15(2)26(23,24)14-17-8-9-18(25-17)19(22)21-12-10-20(11-13-21)16-6-4-3-5-7-16/h3-9,15H,10-14H2,1-2H3. The molecule has 140 valence electrons. The van der Waals surface area contributed by atoms with Gasteiger partial charge in [0, 0.05) is 31.9 Å². The molecule has 0 aliphatic carbocycles. The highest BCUT2D eigenvalue weighted by atomic mass is 32.2. The molecule has 0 bridgehead atoms. The van der Waals surface area contributed by atoms with Gasteiger partial charge in [-0.05, 0) is 38.1 Å². The first-order valence-electron chi connectivity index (χ1n) is 8.76. The van der Waals surface area contributed by atoms with Crippen LogP contribution < -0.4 is 4.90 Å². The minimum Gasteiger partial charge on any atom is -0.455 e. The molecule has 7 heteroatoms. The van der Waals surface area contributed by atoms with Crippen molar-refractivity contribution in [3.05, 3.63) is 54.0 Å². The quantitative estimate of drug-likeness (QED) is 0.802. The number of para-hydroxylation sites is 1. The number of furan rings is 1. The van der Waals surface area contributed by atoms with Gasteiger partial charge in [0.15, 0.2) is 15.6 Å². The second kappa shape index (κ2) is 7.53. The highest BCUT2D eigenvalue weighted by Crippen LogP contribution is 2.19. The van der Waals surface area contributed by atoms with Crippen molar-refractivity contribution >= 4 is 21.4 Å². The second-order valence-electron chi connectivity index (χ2n) is 6.74. The lowest BCUT2D eigenvalue weighted by molar-refractivity contribution is 0.0713. The number of anilines is 1. The van der Waals surface area contributed by atoms with Gasteiger partial charge < -0.3 is 14.2 Å². The highest BCUT2D eigenvalue weighted by molar-refractivity contribution is 7.91. The molecule has 26 heavy (non-hydrogen) atoms. The topological polar surface area (TPSA) is 70.8 Å². The summed E-state index contributed by atoms with van der Waals surface area (Å²) in [5, 5.41) is -0.474. The van der Waals surface area contributed by atoms with Gasteiger partial charge in [-0.2, -0.15) is 0 Å². The van der Waals surface area contributed by atoms with Crippen molar-refractivity contribution < 1.29 is 17.6 Å². The predicted octanol–water partition coefficient (Wildman–Crippen LogP) is 2.57. The average Bonchev–Trinajstić information content (AvgIpc) is 3.09. The summed E-state index contributed by atoms with van der Waals surface area (Å²) in [6, 6.07) is 13.3. The van der Waals surface area contributed by atoms with Crippen LogP contribution in [0.15, 0.2) is 46.9 Å². The highest BCUT2D eigenvalue weighted by Gasteiger charge is 2.25. The zero-order valence-electron chi connectivity index (χ0n) is 15.1. The van der Waals surface area contributed by atoms with Crippen LogP contribution in [0.1, 0.15) is 30.2 Å². The minimum atomic E-state index is -3.25. The number of rotatable bonds is 5. The van der Waals surface area contributed by atoms with E-state index in [1.165, 1.54) is 0 Å². The third-order valence-electron chi connectivity index (χ3n) is 4.62. The zero-order valence-corrected chi connectivity index (χ0v) is 15.9. The largest absolute Gasteiger partial charge is 0.455 e. The van der Waals surface area contributed by atoms with Crippen molar-refractivity contribution in [2.24, 2.45) is 0 Å². The molecular formula is C19H24N2O4S. The third kappa shape index (κ3) is 4.09. The van der Waals surface area contributed by atoms with Crippen molar-refractivity contribution in [1.29, 1.82) is 0 Å². The fourth-order valence-electron chi connectivity index (χ4n) is 2.90. The van der Waals surface area contributed by atoms with Gasteiger partial charge in [0.05, 0.1) is 5.25 Å². The van der Waals surface area contributed by atoms with Gasteiger partial charge in [-0.3, -0.25) is 4.79 Å². The molecular weight excluding hydrogens is 352 g/mol. The molecule has 0 radical (unpaired) electrons. The van der Waals surface area contributed by atoms with Crippen LogP contribution >= 0.6 is 0 Å². The molecule has 1 fully saturated rings. The van der Waals surface area contributed by atoms with Gasteiger partial charge in [0.1, 0.15) is 11.5 Å². The van der Waals surface area contributed by atoms with Crippen molar-refractivity contribution in [3.63, 3.8) is 0 Å². The van der Waals surface area contributed by atoms with E-state index in [0.717, 1.165) is 18.8 Å². The van der Waals surface area contributed by atoms with Crippen LogP contribution in [0.2, 0.25) is 0 Å². The van der Waals surface area contributed by atoms with Gasteiger partial charge >= 0.3 is 0 Å². The fourth-order valence-corrected chi connectivity index (χ4v) is 3.78. The average molecular weight is 376 g/mol. The van der Waals surface area contributed by atoms with Crippen LogP contribution in [0.25, 0.3) is 0 Å². The van der Waals surface area contributed by atoms with Crippen LogP contribution in [0, 0.1) is 0 Å². The Hall–Kier alpha value is -2.28. The first-order valence-corrected chi connectivity index (χ1v) is 10.5. The monoisotopic (exact) mass is 376 g/mol. The molecule has 0 saturated carbocycles. The molecule has 1 aliphatic rings. The maximum Gasteiger partial charge on any atom is 0.289 e. The lowest BCUT2D eigenvalue weighted by Gasteiger charge is -2.35. The Labute approximate surface area is 154 Å². The molecule has 1 aromatic carbocycles. The van der Waals surface area contributed by atoms with Gasteiger partial charge in [-0.25, -0.2) is 8.42 Å². The lowest BCUT2D eigenvalue weighted by Crippen LogP contribution is -2.48. The number of piperazine rings is 1. The Morgan fingerprint density at radius 3 is 2.31 bits per heavy atom. The Kier molecular flexibility index (Phi) is 5.36. The van der Waals surface area contributed by atoms with Crippen molar-refractivity contribution in [1.82, 2.24) is 4.90 Å². The summed E-state index contributed by atoms with van der Waals surface area (Å²) >= 11 is 0. The number of hydrogen-bond donors (Lipinski definition) is 0. The molecule has 0 N–H and O–H groups in total. The molecule has 2 heterocycles. The summed E-state index contributed by atoms with van der Waals surface area (Å²) in [5.41, 5.74) is 1.15. The molecule has 2 aromatic rings. The summed E-state index contributed by atoms with van der Waals surface area (Å²) < 4.78 is 29.5. The zero-order chi connectivity index (χ0) is 18.7. The molecule has 0 unspecified atom stereocenters. The summed E-state index contributed by atoms with van der Waals surface area (Å²) in [6.07, 6.45) is 0. The van der Waals surface area contributed by atoms with E-state index in [4.69, 9.17) is 4.42 Å². The van der Waals surface area contributed by atoms with Gasteiger partial charge in [0.25, 0.3) is 5.91 Å². The van der Waals surface area contributed by atoms with E-state index in [-0.39, 0.29) is 17.4 Å². The Morgan fingerprint density at radius 1 is 1.04 bits per heavy atom. The summed E-state index contributed by atoms with van der Waals surface area (Å²) in [7, 11) is -3.25. The van der Waals surface area contributed by atoms with Gasteiger partial charge in [-0.1, -0.05) is 18.2 Å². The minimum absolute atomic E-state index is 0.181. The van der Waals surface area contributed by atoms with E-state index in [1.807, 2.05) is 18.2 Å². The van der Waals surface area contributed by atoms with Crippen molar-refractivity contribution in [2.75, 3.05) is 31.1 Å². The second-order valence-corrected chi connectivity index (χ2v) is 9.29. The van der Waals surface area contributed by atoms with E-state index in [1.54, 1.807) is 30.9 Å². The third-order valence-corrected chi connectivity index (χ3v) is 6.75. The molecule has 6 nitrogen and oxygen atoms in total. The van der Waals surface area contributed by atoms with Crippen LogP contribution in [-0.4, -0.2) is 50.7 Å². The molecule has 1 aliphatic heterocycles. The summed E-state index contributed by atoms with van der Waals surface area (Å²) in [5.74, 6) is 0.141. The normalized spacial score (nSPS) is 15.5. The smallest absolute Gasteiger partial charge is 0.289 e. The molecule has 3 rings (SSSR count). The first kappa shape index (κ1) is 18.5. The van der Waals surface area contributed by atoms with Crippen LogP contribution in [-0.2, 0) is 15.6 Å². The number of carbonyl (C=O) groups is 1. The first-order chi connectivity index (χ1) is 12.4. The molecule has 1 saturated heterocycles. The van der Waals surface area contributed by atoms with E-state index >= 15 is 0 Å². The molecule has 0 spiro atoms. The van der Waals surface area contributed by atoms with Crippen molar-refractivity contribution in [3.8, 4) is 0 Å². The van der Waals surface area contributed by atoms with Crippen molar-refractivity contribution in [2.45, 2.75) is 24.9 Å². The van der Waals surface area contributed by atoms with Gasteiger partial charge in [-0.15, -0.1) is 0 Å². The molecule has 1 aromatic heterocycles. The lowest BCUT2D eigenvalue weighted by atomic mass is 10.2. The van der Waals surface area contributed by atoms with E-state index < -0.39 is 15.1 Å². The van der Waals surface area contributed by atoms with E-state index in [0.29, 0.717) is 18.8 Å². The Balaban J connectivity index is 1.61. The van der Waals surface area contributed by atoms with Crippen LogP contribution in [0.4, 0.5) is 5.69 Å². The summed E-state index contributed by atoms with van der Waals surface area (Å²) in [4.78, 5) is 16.6. The predicted molar refractivity (Wildman–Crippen MR) is 101 cm³/mol. The SMILES string of the molecule is CC(C)S(=O)(=O)Cc1ccc(C(=O)N2CCN(c3ccccc3)CC2)o1. The number of hydrogen-bond acceptors (Lipinski definition) is 5. The Morgan fingerprint density at radius 2 is 1.69 bits per heavy atom. The van der Waals surface area contributed by atoms with Gasteiger partial charge in [0.2, 0.25) is 0 Å². The van der Waals surface area contributed by atoms with E-state index in [9.17, 15) is 13.2 Å². The van der Waals surface area contributed by atoms with Crippen LogP contribution in [0.5, 0.6) is 0 Å². The maximum absolute atomic E-state index is 12.6. The molecule has 0 atom stereocenters. The number of carbonyl (C=O) groups excluding carboxylic acids is 1. The van der Waals surface area contributed by atoms with Crippen LogP contribution in [0.3, 0.4) is 0 Å². The number of benzene rings is 1. The number of sulfone groups is 1. The Bertz CT molecular complexity index is 851. The number of nitrogens with zero attached hydrogens (tertiary/aromatic N) is 2. The fraction of sp³-hybridized carbons (Fsp3) is 0.421. The summed E-state index contributed by atoms with van der Waals surface area (Å²) in [6.45, 7) is 5.99. The maximum atomic E-state index is 12.6.